The van der Waals surface area contributed by atoms with Crippen molar-refractivity contribution in [3.8, 4) is 0 Å². The first-order valence-corrected chi connectivity index (χ1v) is 11.9. The van der Waals surface area contributed by atoms with Crippen molar-refractivity contribution < 1.29 is 21.6 Å². The van der Waals surface area contributed by atoms with Gasteiger partial charge < -0.3 is 4.74 Å². The summed E-state index contributed by atoms with van der Waals surface area (Å²) in [5.74, 6) is 0. The number of hydrogen-bond acceptors (Lipinski definition) is 5. The van der Waals surface area contributed by atoms with Crippen LogP contribution < -0.4 is 4.72 Å². The van der Waals surface area contributed by atoms with Gasteiger partial charge in [0.1, 0.15) is 0 Å². The Morgan fingerprint density at radius 3 is 2.15 bits per heavy atom. The Kier molecular flexibility index (Phi) is 5.92. The van der Waals surface area contributed by atoms with Crippen molar-refractivity contribution in [1.82, 2.24) is 4.31 Å². The van der Waals surface area contributed by atoms with E-state index in [9.17, 15) is 16.8 Å². The third kappa shape index (κ3) is 4.52. The Balaban J connectivity index is 1.83. The highest BCUT2D eigenvalue weighted by molar-refractivity contribution is 9.10. The van der Waals surface area contributed by atoms with Crippen molar-refractivity contribution in [2.75, 3.05) is 31.0 Å². The van der Waals surface area contributed by atoms with E-state index in [1.54, 1.807) is 18.2 Å². The molecule has 0 atom stereocenters. The summed E-state index contributed by atoms with van der Waals surface area (Å²) in [5.41, 5.74) is 1.40. The number of rotatable bonds is 5. The van der Waals surface area contributed by atoms with E-state index in [4.69, 9.17) is 4.74 Å². The largest absolute Gasteiger partial charge is 0.379 e. The van der Waals surface area contributed by atoms with Crippen LogP contribution in [0.3, 0.4) is 0 Å². The molecular formula is C17H19BrN2O5S2. The molecule has 1 fully saturated rings. The van der Waals surface area contributed by atoms with Gasteiger partial charge in [-0.2, -0.15) is 4.31 Å². The Hall–Kier alpha value is -1.46. The lowest BCUT2D eigenvalue weighted by molar-refractivity contribution is 0.0730. The molecule has 146 valence electrons. The molecule has 1 N–H and O–H groups in total. The maximum atomic E-state index is 12.6. The number of morpholine rings is 1. The highest BCUT2D eigenvalue weighted by Crippen LogP contribution is 2.27. The zero-order chi connectivity index (χ0) is 19.7. The molecule has 0 spiro atoms. The molecule has 1 saturated heterocycles. The number of ether oxygens (including phenoxy) is 1. The van der Waals surface area contributed by atoms with E-state index in [2.05, 4.69) is 20.7 Å². The normalized spacial score (nSPS) is 16.2. The van der Waals surface area contributed by atoms with E-state index in [1.807, 2.05) is 6.92 Å². The van der Waals surface area contributed by atoms with Crippen molar-refractivity contribution in [2.45, 2.75) is 16.7 Å². The average Bonchev–Trinajstić information content (AvgIpc) is 2.65. The third-order valence-corrected chi connectivity index (χ3v) is 8.06. The smallest absolute Gasteiger partial charge is 0.261 e. The highest BCUT2D eigenvalue weighted by Gasteiger charge is 2.27. The number of sulfonamides is 2. The summed E-state index contributed by atoms with van der Waals surface area (Å²) in [4.78, 5) is 0.0377. The van der Waals surface area contributed by atoms with Gasteiger partial charge in [-0.15, -0.1) is 0 Å². The van der Waals surface area contributed by atoms with E-state index >= 15 is 0 Å². The second kappa shape index (κ2) is 7.88. The molecule has 10 heteroatoms. The molecule has 27 heavy (non-hydrogen) atoms. The van der Waals surface area contributed by atoms with Gasteiger partial charge in [0.2, 0.25) is 10.0 Å². The minimum atomic E-state index is -3.84. The van der Waals surface area contributed by atoms with E-state index in [-0.39, 0.29) is 22.9 Å². The van der Waals surface area contributed by atoms with Crippen LogP contribution in [0.15, 0.2) is 56.7 Å². The average molecular weight is 475 g/mol. The lowest BCUT2D eigenvalue weighted by atomic mass is 10.2. The summed E-state index contributed by atoms with van der Waals surface area (Å²) >= 11 is 3.33. The van der Waals surface area contributed by atoms with Crippen LogP contribution in [-0.2, 0) is 24.8 Å². The molecule has 0 unspecified atom stereocenters. The summed E-state index contributed by atoms with van der Waals surface area (Å²) < 4.78 is 60.0. The lowest BCUT2D eigenvalue weighted by Crippen LogP contribution is -2.40. The number of nitrogens with one attached hydrogen (secondary N) is 1. The van der Waals surface area contributed by atoms with Crippen LogP contribution >= 0.6 is 15.9 Å². The van der Waals surface area contributed by atoms with Crippen LogP contribution in [0.2, 0.25) is 0 Å². The molecule has 1 aliphatic heterocycles. The van der Waals surface area contributed by atoms with Gasteiger partial charge in [0.25, 0.3) is 10.0 Å². The van der Waals surface area contributed by atoms with Gasteiger partial charge in [-0.25, -0.2) is 16.8 Å². The minimum Gasteiger partial charge on any atom is -0.379 e. The monoisotopic (exact) mass is 474 g/mol. The quantitative estimate of drug-likeness (QED) is 0.718. The second-order valence-electron chi connectivity index (χ2n) is 6.08. The van der Waals surface area contributed by atoms with E-state index in [0.717, 1.165) is 5.56 Å². The Morgan fingerprint density at radius 2 is 1.56 bits per heavy atom. The Labute approximate surface area is 167 Å². The summed E-state index contributed by atoms with van der Waals surface area (Å²) in [5, 5.41) is 0. The SMILES string of the molecule is Cc1ccc(NS(=O)(=O)c2ccc(S(=O)(=O)N3CCOCC3)cc2)c(Br)c1. The van der Waals surface area contributed by atoms with Crippen molar-refractivity contribution in [3.05, 3.63) is 52.5 Å². The summed E-state index contributed by atoms with van der Waals surface area (Å²) in [6.07, 6.45) is 0. The minimum absolute atomic E-state index is 0.0177. The molecule has 0 aromatic heterocycles. The molecule has 1 heterocycles. The first kappa shape index (κ1) is 20.3. The predicted molar refractivity (Wildman–Crippen MR) is 106 cm³/mol. The molecule has 0 saturated carbocycles. The van der Waals surface area contributed by atoms with Crippen LogP contribution in [-0.4, -0.2) is 47.4 Å². The Morgan fingerprint density at radius 1 is 0.963 bits per heavy atom. The molecule has 0 radical (unpaired) electrons. The molecule has 0 bridgehead atoms. The van der Waals surface area contributed by atoms with E-state index in [1.165, 1.54) is 28.6 Å². The lowest BCUT2D eigenvalue weighted by Gasteiger charge is -2.26. The molecule has 7 nitrogen and oxygen atoms in total. The van der Waals surface area contributed by atoms with Gasteiger partial charge in [0, 0.05) is 17.6 Å². The maximum absolute atomic E-state index is 12.6. The molecular weight excluding hydrogens is 456 g/mol. The number of benzene rings is 2. The van der Waals surface area contributed by atoms with Gasteiger partial charge in [-0.05, 0) is 64.8 Å². The fourth-order valence-corrected chi connectivity index (χ4v) is 5.84. The zero-order valence-electron chi connectivity index (χ0n) is 14.6. The van der Waals surface area contributed by atoms with Crippen LogP contribution in [0.5, 0.6) is 0 Å². The van der Waals surface area contributed by atoms with Gasteiger partial charge in [-0.3, -0.25) is 4.72 Å². The molecule has 3 rings (SSSR count). The maximum Gasteiger partial charge on any atom is 0.261 e. The van der Waals surface area contributed by atoms with Gasteiger partial charge >= 0.3 is 0 Å². The molecule has 2 aromatic carbocycles. The van der Waals surface area contributed by atoms with E-state index < -0.39 is 20.0 Å². The summed E-state index contributed by atoms with van der Waals surface area (Å²) in [7, 11) is -7.51. The molecule has 2 aromatic rings. The van der Waals surface area contributed by atoms with Crippen molar-refractivity contribution in [3.63, 3.8) is 0 Å². The molecule has 1 aliphatic rings. The predicted octanol–water partition coefficient (Wildman–Crippen LogP) is 2.58. The fourth-order valence-electron chi connectivity index (χ4n) is 2.63. The first-order chi connectivity index (χ1) is 12.7. The topological polar surface area (TPSA) is 92.8 Å². The summed E-state index contributed by atoms with van der Waals surface area (Å²) in [6.45, 7) is 3.16. The van der Waals surface area contributed by atoms with Crippen LogP contribution in [0.25, 0.3) is 0 Å². The third-order valence-electron chi connectivity index (χ3n) is 4.11. The standard InChI is InChI=1S/C17H19BrN2O5S2/c1-13-2-7-17(16(18)12-13)19-26(21,22)14-3-5-15(6-4-14)27(23,24)20-8-10-25-11-9-20/h2-7,12,19H,8-11H2,1H3. The van der Waals surface area contributed by atoms with Crippen LogP contribution in [0, 0.1) is 6.92 Å². The zero-order valence-corrected chi connectivity index (χ0v) is 17.8. The van der Waals surface area contributed by atoms with E-state index in [0.29, 0.717) is 23.4 Å². The fraction of sp³-hybridized carbons (Fsp3) is 0.294. The second-order valence-corrected chi connectivity index (χ2v) is 10.6. The van der Waals surface area contributed by atoms with Gasteiger partial charge in [-0.1, -0.05) is 6.07 Å². The van der Waals surface area contributed by atoms with Crippen LogP contribution in [0.4, 0.5) is 5.69 Å². The molecule has 0 aliphatic carbocycles. The molecule has 0 amide bonds. The number of aryl methyl sites for hydroxylation is 1. The Bertz CT molecular complexity index is 1030. The number of hydrogen-bond donors (Lipinski definition) is 1. The summed E-state index contributed by atoms with van der Waals surface area (Å²) in [6, 6.07) is 10.5. The number of nitrogens with zero attached hydrogens (tertiary/aromatic N) is 1. The van der Waals surface area contributed by atoms with Crippen molar-refractivity contribution in [2.24, 2.45) is 0 Å². The number of anilines is 1. The first-order valence-electron chi connectivity index (χ1n) is 8.17. The van der Waals surface area contributed by atoms with Gasteiger partial charge in [0.15, 0.2) is 0 Å². The van der Waals surface area contributed by atoms with Crippen molar-refractivity contribution >= 4 is 41.7 Å². The van der Waals surface area contributed by atoms with Gasteiger partial charge in [0.05, 0.1) is 28.7 Å². The number of halogens is 1. The van der Waals surface area contributed by atoms with Crippen molar-refractivity contribution in [1.29, 1.82) is 0 Å². The highest BCUT2D eigenvalue weighted by atomic mass is 79.9. The van der Waals surface area contributed by atoms with Crippen LogP contribution in [0.1, 0.15) is 5.56 Å².